The summed E-state index contributed by atoms with van der Waals surface area (Å²) in [5, 5.41) is 18.3. The first-order valence-electron chi connectivity index (χ1n) is 9.24. The van der Waals surface area contributed by atoms with Crippen LogP contribution in [0.5, 0.6) is 0 Å². The molecule has 10 heteroatoms. The maximum Gasteiger partial charge on any atom is 0.261 e. The van der Waals surface area contributed by atoms with Crippen molar-refractivity contribution in [2.75, 3.05) is 29.5 Å². The molecular weight excluding hydrogens is 352 g/mol. The first-order valence-corrected chi connectivity index (χ1v) is 10.2. The molecule has 0 bridgehead atoms. The summed E-state index contributed by atoms with van der Waals surface area (Å²) in [7, 11) is 0. The summed E-state index contributed by atoms with van der Waals surface area (Å²) in [6, 6.07) is 0.315. The number of fused-ring (bicyclic) bond motifs is 1. The highest BCUT2D eigenvalue weighted by molar-refractivity contribution is 7.99. The van der Waals surface area contributed by atoms with E-state index in [1.54, 1.807) is 4.40 Å². The summed E-state index contributed by atoms with van der Waals surface area (Å²) in [5.41, 5.74) is 0. The van der Waals surface area contributed by atoms with Gasteiger partial charge in [0.05, 0.1) is 5.75 Å². The van der Waals surface area contributed by atoms with Crippen molar-refractivity contribution in [2.24, 2.45) is 0 Å². The van der Waals surface area contributed by atoms with E-state index >= 15 is 0 Å². The molecule has 0 aromatic carbocycles. The number of nitrogens with zero attached hydrogens (tertiary/aromatic N) is 5. The van der Waals surface area contributed by atoms with Crippen molar-refractivity contribution in [2.45, 2.75) is 57.1 Å². The van der Waals surface area contributed by atoms with E-state index < -0.39 is 0 Å². The monoisotopic (exact) mass is 378 g/mol. The third-order valence-electron chi connectivity index (χ3n) is 4.22. The van der Waals surface area contributed by atoms with Gasteiger partial charge in [0.2, 0.25) is 17.8 Å². The lowest BCUT2D eigenvalue weighted by molar-refractivity contribution is -0.119. The van der Waals surface area contributed by atoms with Crippen molar-refractivity contribution in [3.05, 3.63) is 0 Å². The molecule has 2 aromatic heterocycles. The van der Waals surface area contributed by atoms with Crippen molar-refractivity contribution in [3.8, 4) is 0 Å². The number of aromatic nitrogens is 5. The summed E-state index contributed by atoms with van der Waals surface area (Å²) in [6.07, 6.45) is 5.83. The normalized spacial score (nSPS) is 15.2. The van der Waals surface area contributed by atoms with Gasteiger partial charge >= 0.3 is 0 Å². The van der Waals surface area contributed by atoms with Crippen LogP contribution in [0, 0.1) is 0 Å². The first kappa shape index (κ1) is 18.7. The second kappa shape index (κ2) is 9.02. The van der Waals surface area contributed by atoms with Crippen LogP contribution in [0.3, 0.4) is 0 Å². The molecule has 3 rings (SSSR count). The highest BCUT2D eigenvalue weighted by atomic mass is 32.2. The zero-order valence-corrected chi connectivity index (χ0v) is 16.1. The lowest BCUT2D eigenvalue weighted by atomic mass is 9.95. The van der Waals surface area contributed by atoms with Gasteiger partial charge in [-0.15, -0.1) is 10.2 Å². The number of thioether (sulfide) groups is 1. The van der Waals surface area contributed by atoms with Gasteiger partial charge in [-0.05, 0) is 26.7 Å². The Morgan fingerprint density at radius 3 is 2.62 bits per heavy atom. The van der Waals surface area contributed by atoms with Crippen LogP contribution >= 0.6 is 11.8 Å². The molecule has 1 amide bonds. The van der Waals surface area contributed by atoms with Crippen molar-refractivity contribution >= 4 is 35.3 Å². The van der Waals surface area contributed by atoms with Gasteiger partial charge in [0, 0.05) is 19.1 Å². The largest absolute Gasteiger partial charge is 0.355 e. The standard InChI is InChI=1S/C16H26N8OS/c1-3-17-13-20-14(18-4-2)24-15(21-13)22-23-16(24)26-10-12(25)19-11-8-6-5-7-9-11/h11H,3-10H2,1-2H3,(H,19,25)(H2,17,18,20,21,22). The Hall–Kier alpha value is -2.10. The zero-order valence-electron chi connectivity index (χ0n) is 15.3. The van der Waals surface area contributed by atoms with Gasteiger partial charge in [-0.1, -0.05) is 31.0 Å². The molecule has 0 radical (unpaired) electrons. The molecule has 1 aliphatic rings. The average Bonchev–Trinajstić information content (AvgIpc) is 3.05. The van der Waals surface area contributed by atoms with E-state index in [9.17, 15) is 4.79 Å². The fourth-order valence-electron chi connectivity index (χ4n) is 3.04. The Bertz CT molecular complexity index is 743. The van der Waals surface area contributed by atoms with Crippen LogP contribution in [0.25, 0.3) is 5.78 Å². The van der Waals surface area contributed by atoms with E-state index in [0.717, 1.165) is 19.4 Å². The second-order valence-electron chi connectivity index (χ2n) is 6.24. The number of anilines is 2. The smallest absolute Gasteiger partial charge is 0.261 e. The zero-order chi connectivity index (χ0) is 18.4. The Morgan fingerprint density at radius 2 is 1.88 bits per heavy atom. The van der Waals surface area contributed by atoms with Crippen molar-refractivity contribution in [1.82, 2.24) is 29.9 Å². The predicted octanol–water partition coefficient (Wildman–Crippen LogP) is 1.92. The number of carbonyl (C=O) groups is 1. The lowest BCUT2D eigenvalue weighted by Crippen LogP contribution is -2.37. The number of carbonyl (C=O) groups excluding carboxylic acids is 1. The van der Waals surface area contributed by atoms with Crippen molar-refractivity contribution in [3.63, 3.8) is 0 Å². The minimum atomic E-state index is 0.0360. The van der Waals surface area contributed by atoms with Gasteiger partial charge < -0.3 is 16.0 Å². The third-order valence-corrected chi connectivity index (χ3v) is 5.15. The quantitative estimate of drug-likeness (QED) is 0.598. The molecule has 142 valence electrons. The highest BCUT2D eigenvalue weighted by Crippen LogP contribution is 2.22. The molecule has 2 aromatic rings. The first-order chi connectivity index (χ1) is 12.7. The molecule has 0 saturated heterocycles. The van der Waals surface area contributed by atoms with Crippen LogP contribution < -0.4 is 16.0 Å². The van der Waals surface area contributed by atoms with Crippen LogP contribution in [0.2, 0.25) is 0 Å². The topological polar surface area (TPSA) is 109 Å². The molecule has 9 nitrogen and oxygen atoms in total. The molecule has 1 fully saturated rings. The number of rotatable bonds is 8. The summed E-state index contributed by atoms with van der Waals surface area (Å²) in [4.78, 5) is 21.1. The van der Waals surface area contributed by atoms with E-state index in [-0.39, 0.29) is 5.91 Å². The summed E-state index contributed by atoms with van der Waals surface area (Å²) in [5.74, 6) is 1.93. The van der Waals surface area contributed by atoms with Crippen LogP contribution in [0.4, 0.5) is 11.9 Å². The Balaban J connectivity index is 1.70. The molecule has 1 saturated carbocycles. The molecule has 0 unspecified atom stereocenters. The highest BCUT2D eigenvalue weighted by Gasteiger charge is 2.18. The number of hydrogen-bond acceptors (Lipinski definition) is 8. The molecule has 26 heavy (non-hydrogen) atoms. The minimum Gasteiger partial charge on any atom is -0.355 e. The van der Waals surface area contributed by atoms with E-state index in [4.69, 9.17) is 0 Å². The van der Waals surface area contributed by atoms with Crippen molar-refractivity contribution in [1.29, 1.82) is 0 Å². The molecule has 1 aliphatic carbocycles. The Morgan fingerprint density at radius 1 is 1.12 bits per heavy atom. The van der Waals surface area contributed by atoms with Gasteiger partial charge in [-0.2, -0.15) is 9.97 Å². The van der Waals surface area contributed by atoms with Crippen LogP contribution in [0.15, 0.2) is 5.16 Å². The molecule has 0 atom stereocenters. The summed E-state index contributed by atoms with van der Waals surface area (Å²) >= 11 is 1.35. The van der Waals surface area contributed by atoms with Gasteiger partial charge in [0.15, 0.2) is 5.16 Å². The molecule has 0 spiro atoms. The predicted molar refractivity (Wildman–Crippen MR) is 103 cm³/mol. The van der Waals surface area contributed by atoms with Gasteiger partial charge in [-0.3, -0.25) is 4.79 Å². The van der Waals surface area contributed by atoms with Crippen molar-refractivity contribution < 1.29 is 4.79 Å². The summed E-state index contributed by atoms with van der Waals surface area (Å²) < 4.78 is 1.75. The van der Waals surface area contributed by atoms with Gasteiger partial charge in [-0.25, -0.2) is 4.40 Å². The average molecular weight is 379 g/mol. The molecule has 3 N–H and O–H groups in total. The molecular formula is C16H26N8OS. The van der Waals surface area contributed by atoms with E-state index in [2.05, 4.69) is 36.1 Å². The fourth-order valence-corrected chi connectivity index (χ4v) is 3.78. The minimum absolute atomic E-state index is 0.0360. The van der Waals surface area contributed by atoms with Crippen LogP contribution in [0.1, 0.15) is 46.0 Å². The molecule has 0 aliphatic heterocycles. The Labute approximate surface area is 157 Å². The molecule has 2 heterocycles. The van der Waals surface area contributed by atoms with Crippen LogP contribution in [-0.4, -0.2) is 55.4 Å². The second-order valence-corrected chi connectivity index (χ2v) is 7.18. The van der Waals surface area contributed by atoms with E-state index in [1.807, 2.05) is 13.8 Å². The summed E-state index contributed by atoms with van der Waals surface area (Å²) in [6.45, 7) is 5.41. The maximum absolute atomic E-state index is 12.2. The Kier molecular flexibility index (Phi) is 6.48. The van der Waals surface area contributed by atoms with Crippen LogP contribution in [-0.2, 0) is 4.79 Å². The van der Waals surface area contributed by atoms with Gasteiger partial charge in [0.25, 0.3) is 5.78 Å². The third kappa shape index (κ3) is 4.54. The number of nitrogens with one attached hydrogen (secondary N) is 3. The maximum atomic E-state index is 12.2. The SMILES string of the molecule is CCNc1nc(NCC)n2c(SCC(=O)NC3CCCCC3)nnc2n1. The number of hydrogen-bond donors (Lipinski definition) is 3. The van der Waals surface area contributed by atoms with E-state index in [1.165, 1.54) is 31.0 Å². The van der Waals surface area contributed by atoms with Gasteiger partial charge in [0.1, 0.15) is 0 Å². The van der Waals surface area contributed by atoms with E-state index in [0.29, 0.717) is 41.2 Å². The number of amides is 1. The lowest BCUT2D eigenvalue weighted by Gasteiger charge is -2.22. The fraction of sp³-hybridized carbons (Fsp3) is 0.688.